The fraction of sp³-hybridized carbons (Fsp3) is 0.108. The molecule has 0 heterocycles. The summed E-state index contributed by atoms with van der Waals surface area (Å²) in [7, 11) is 0. The smallest absolute Gasteiger partial charge is 0.0746 e. The largest absolute Gasteiger partial charge is 0.314 e. The lowest BCUT2D eigenvalue weighted by Crippen LogP contribution is -2.30. The number of nitrogens with zero attached hydrogens (tertiary/aromatic N) is 1. The number of hydrogen-bond donors (Lipinski definition) is 0. The van der Waals surface area contributed by atoms with Gasteiger partial charge in [0.25, 0.3) is 0 Å². The average molecular weight is 840 g/mol. The van der Waals surface area contributed by atoms with Gasteiger partial charge in [0.05, 0.1) is 16.5 Å². The molecule has 0 bridgehead atoms. The maximum atomic E-state index is 2.70. The summed E-state index contributed by atoms with van der Waals surface area (Å²) >= 11 is 0. The van der Waals surface area contributed by atoms with Crippen molar-refractivity contribution in [1.82, 2.24) is 0 Å². The minimum Gasteiger partial charge on any atom is -0.314 e. The molecular weight excluding hydrogens is 795 g/mol. The Balaban J connectivity index is 1.04. The minimum absolute atomic E-state index is 0.0416. The first-order valence-electron chi connectivity index (χ1n) is 23.7. The van der Waals surface area contributed by atoms with Gasteiger partial charge in [-0.15, -0.1) is 0 Å². The summed E-state index contributed by atoms with van der Waals surface area (Å²) in [4.78, 5) is 2.70. The van der Waals surface area contributed by atoms with Crippen LogP contribution in [-0.2, 0) is 16.2 Å². The number of allylic oxidation sites excluding steroid dienone is 4. The molecule has 9 aromatic carbocycles. The van der Waals surface area contributed by atoms with Gasteiger partial charge in [-0.1, -0.05) is 214 Å². The van der Waals surface area contributed by atoms with Crippen LogP contribution in [0.5, 0.6) is 0 Å². The summed E-state index contributed by atoms with van der Waals surface area (Å²) in [6.07, 6.45) is 5.86. The summed E-state index contributed by atoms with van der Waals surface area (Å²) in [6, 6.07) is 79.0. The van der Waals surface area contributed by atoms with Crippen molar-refractivity contribution in [3.8, 4) is 44.5 Å². The monoisotopic (exact) mass is 839 g/mol. The zero-order valence-corrected chi connectivity index (χ0v) is 37.0. The molecule has 0 aliphatic heterocycles. The van der Waals surface area contributed by atoms with Gasteiger partial charge in [-0.25, -0.2) is 0 Å². The predicted molar refractivity (Wildman–Crippen MR) is 271 cm³/mol. The normalized spacial score (nSPS) is 17.9. The van der Waals surface area contributed by atoms with Gasteiger partial charge in [-0.2, -0.15) is 0 Å². The van der Waals surface area contributed by atoms with E-state index in [0.717, 1.165) is 6.42 Å². The Morgan fingerprint density at radius 1 is 0.379 bits per heavy atom. The molecule has 0 aromatic heterocycles. The van der Waals surface area contributed by atoms with Crippen molar-refractivity contribution in [1.29, 1.82) is 0 Å². The van der Waals surface area contributed by atoms with Crippen LogP contribution in [0.2, 0.25) is 0 Å². The zero-order valence-electron chi connectivity index (χ0n) is 37.0. The van der Waals surface area contributed by atoms with Crippen molar-refractivity contribution < 1.29 is 0 Å². The van der Waals surface area contributed by atoms with Crippen molar-refractivity contribution in [2.75, 3.05) is 4.90 Å². The number of fused-ring (bicyclic) bond motifs is 23. The molecule has 0 saturated carbocycles. The summed E-state index contributed by atoms with van der Waals surface area (Å²) in [6.45, 7) is 4.84. The van der Waals surface area contributed by atoms with Gasteiger partial charge in [-0.05, 0) is 125 Å². The van der Waals surface area contributed by atoms with Crippen molar-refractivity contribution in [3.63, 3.8) is 0 Å². The molecule has 0 fully saturated rings. The summed E-state index contributed by atoms with van der Waals surface area (Å²) in [5.74, 6) is 0.285. The maximum Gasteiger partial charge on any atom is 0.0746 e. The van der Waals surface area contributed by atoms with Gasteiger partial charge in [0, 0.05) is 28.3 Å². The molecule has 1 unspecified atom stereocenters. The van der Waals surface area contributed by atoms with Crippen LogP contribution in [0.25, 0.3) is 44.5 Å². The Kier molecular flexibility index (Phi) is 7.06. The van der Waals surface area contributed by atoms with E-state index in [2.05, 4.69) is 237 Å². The van der Waals surface area contributed by atoms with E-state index in [9.17, 15) is 0 Å². The Hall–Kier alpha value is -7.74. The number of rotatable bonds is 3. The Morgan fingerprint density at radius 3 is 1.33 bits per heavy atom. The molecule has 0 N–H and O–H groups in total. The maximum absolute atomic E-state index is 2.70. The van der Waals surface area contributed by atoms with Crippen LogP contribution in [0.1, 0.15) is 81.8 Å². The summed E-state index contributed by atoms with van der Waals surface area (Å²) in [5, 5.41) is 0. The molecule has 2 spiro atoms. The first kappa shape index (κ1) is 36.6. The van der Waals surface area contributed by atoms with Crippen molar-refractivity contribution in [3.05, 3.63) is 285 Å². The van der Waals surface area contributed by atoms with E-state index < -0.39 is 10.8 Å². The molecule has 1 nitrogen and oxygen atoms in total. The van der Waals surface area contributed by atoms with Gasteiger partial charge in [-0.3, -0.25) is 0 Å². The zero-order chi connectivity index (χ0) is 43.5. The lowest BCUT2D eigenvalue weighted by atomic mass is 9.69. The second-order valence-electron chi connectivity index (χ2n) is 19.8. The van der Waals surface area contributed by atoms with Crippen LogP contribution in [0, 0.1) is 0 Å². The van der Waals surface area contributed by atoms with E-state index in [0.29, 0.717) is 0 Å². The second-order valence-corrected chi connectivity index (χ2v) is 19.8. The SMILES string of the molecule is CC1(C)C2=CC=C(N(c3ccc4c(c3)C3(c5ccccc5-c5ccccc53)c3ccccc3-4)c3cccc4c3C3(c5ccccc5-c5ccccc53)c3ccccc3-4)CC2c2ccccc21. The fourth-order valence-electron chi connectivity index (χ4n) is 14.3. The molecule has 0 radical (unpaired) electrons. The van der Waals surface area contributed by atoms with E-state index in [4.69, 9.17) is 0 Å². The topological polar surface area (TPSA) is 3.24 Å². The van der Waals surface area contributed by atoms with Crippen LogP contribution < -0.4 is 4.90 Å². The van der Waals surface area contributed by atoms with E-state index in [1.54, 1.807) is 0 Å². The van der Waals surface area contributed by atoms with Gasteiger partial charge in [0.2, 0.25) is 0 Å². The molecule has 0 amide bonds. The van der Waals surface area contributed by atoms with Gasteiger partial charge in [0.15, 0.2) is 0 Å². The first-order chi connectivity index (χ1) is 32.5. The van der Waals surface area contributed by atoms with Crippen LogP contribution in [-0.4, -0.2) is 0 Å². The number of hydrogen-bond acceptors (Lipinski definition) is 1. The lowest BCUT2D eigenvalue weighted by molar-refractivity contribution is 0.605. The first-order valence-corrected chi connectivity index (χ1v) is 23.7. The third kappa shape index (κ3) is 4.24. The molecule has 66 heavy (non-hydrogen) atoms. The van der Waals surface area contributed by atoms with Gasteiger partial charge in [0.1, 0.15) is 0 Å². The molecule has 310 valence electrons. The summed E-state index contributed by atoms with van der Waals surface area (Å²) < 4.78 is 0. The molecule has 15 rings (SSSR count). The van der Waals surface area contributed by atoms with Crippen molar-refractivity contribution in [2.45, 2.75) is 42.4 Å². The number of benzene rings is 9. The van der Waals surface area contributed by atoms with Gasteiger partial charge < -0.3 is 4.90 Å². The molecule has 1 heteroatoms. The molecular formula is C65H45N. The standard InChI is InChI=1S/C65H45N/c1-63(2)52-26-10-3-24-48(52)51-38-40(35-37-53(51)63)66(41-34-36-49-46-22-6-13-29-56(46)64(60(49)39-41)54-27-11-4-18-42(54)43-19-5-12-28-55(43)64)61-33-17-25-50-47-23-9-16-32-59(47)65(62(50)61)57-30-14-7-20-44(57)45-21-8-15-31-58(45)65/h3-37,39,51H,38H2,1-2H3. The Bertz CT molecular complexity index is 3560. The van der Waals surface area contributed by atoms with Crippen molar-refractivity contribution in [2.24, 2.45) is 0 Å². The number of anilines is 2. The Labute approximate surface area is 386 Å². The third-order valence-corrected chi connectivity index (χ3v) is 16.7. The molecule has 9 aromatic rings. The minimum atomic E-state index is -0.510. The highest BCUT2D eigenvalue weighted by Gasteiger charge is 2.55. The molecule has 1 atom stereocenters. The highest BCUT2D eigenvalue weighted by Crippen LogP contribution is 2.67. The van der Waals surface area contributed by atoms with E-state index >= 15 is 0 Å². The van der Waals surface area contributed by atoms with Gasteiger partial charge >= 0.3 is 0 Å². The predicted octanol–water partition coefficient (Wildman–Crippen LogP) is 15.8. The van der Waals surface area contributed by atoms with E-state index in [1.807, 2.05) is 0 Å². The van der Waals surface area contributed by atoms with Crippen molar-refractivity contribution >= 4 is 11.4 Å². The summed E-state index contributed by atoms with van der Waals surface area (Å²) in [5.41, 5.74) is 28.6. The van der Waals surface area contributed by atoms with E-state index in [-0.39, 0.29) is 11.3 Å². The molecule has 6 aliphatic rings. The van der Waals surface area contributed by atoms with Crippen LogP contribution in [0.3, 0.4) is 0 Å². The highest BCUT2D eigenvalue weighted by molar-refractivity contribution is 6.00. The quantitative estimate of drug-likeness (QED) is 0.171. The van der Waals surface area contributed by atoms with Crippen LogP contribution in [0.4, 0.5) is 11.4 Å². The second kappa shape index (κ2) is 12.7. The lowest BCUT2D eigenvalue weighted by Gasteiger charge is -2.39. The third-order valence-electron chi connectivity index (χ3n) is 16.7. The Morgan fingerprint density at radius 2 is 0.803 bits per heavy atom. The molecule has 6 aliphatic carbocycles. The molecule has 0 saturated heterocycles. The van der Waals surface area contributed by atoms with Crippen LogP contribution >= 0.6 is 0 Å². The van der Waals surface area contributed by atoms with E-state index in [1.165, 1.54) is 123 Å². The van der Waals surface area contributed by atoms with Crippen LogP contribution in [0.15, 0.2) is 230 Å². The average Bonchev–Trinajstić information content (AvgIpc) is 4.10. The highest BCUT2D eigenvalue weighted by atomic mass is 15.2. The fourth-order valence-corrected chi connectivity index (χ4v) is 14.3.